The van der Waals surface area contributed by atoms with Gasteiger partial charge in [0.15, 0.2) is 5.96 Å². The van der Waals surface area contributed by atoms with Gasteiger partial charge in [-0.1, -0.05) is 12.8 Å². The smallest absolute Gasteiger partial charge is 0.188 e. The van der Waals surface area contributed by atoms with Crippen molar-refractivity contribution in [2.45, 2.75) is 31.8 Å². The van der Waals surface area contributed by atoms with Crippen molar-refractivity contribution in [3.63, 3.8) is 0 Å². The van der Waals surface area contributed by atoms with Gasteiger partial charge in [0, 0.05) is 19.0 Å². The summed E-state index contributed by atoms with van der Waals surface area (Å²) in [4.78, 5) is 1.87. The number of nitrogens with zero attached hydrogens (tertiary/aromatic N) is 1. The van der Waals surface area contributed by atoms with E-state index in [1.54, 1.807) is 0 Å². The number of guanidine groups is 1. The van der Waals surface area contributed by atoms with Crippen LogP contribution in [0.4, 0.5) is 0 Å². The number of likely N-dealkylation sites (tertiary alicyclic amines) is 1. The summed E-state index contributed by atoms with van der Waals surface area (Å²) in [7, 11) is 0. The van der Waals surface area contributed by atoms with Gasteiger partial charge < -0.3 is 15.7 Å². The van der Waals surface area contributed by atoms with Gasteiger partial charge in [0.05, 0.1) is 6.10 Å². The number of nitrogens with one attached hydrogen (secondary N) is 1. The Morgan fingerprint density at radius 1 is 1.43 bits per heavy atom. The van der Waals surface area contributed by atoms with Crippen LogP contribution < -0.4 is 5.73 Å². The summed E-state index contributed by atoms with van der Waals surface area (Å²) in [5, 5.41) is 17.2. The molecule has 1 saturated carbocycles. The predicted octanol–water partition coefficient (Wildman–Crippen LogP) is 0.363. The van der Waals surface area contributed by atoms with E-state index in [1.165, 1.54) is 12.8 Å². The molecule has 0 aromatic carbocycles. The van der Waals surface area contributed by atoms with Gasteiger partial charge in [-0.05, 0) is 18.8 Å². The Bertz CT molecular complexity index is 227. The molecule has 0 aromatic heterocycles. The summed E-state index contributed by atoms with van der Waals surface area (Å²) in [6.07, 6.45) is 4.35. The van der Waals surface area contributed by atoms with Crippen LogP contribution in [0, 0.1) is 17.2 Å². The molecule has 0 radical (unpaired) electrons. The summed E-state index contributed by atoms with van der Waals surface area (Å²) in [6.45, 7) is 1.50. The van der Waals surface area contributed by atoms with E-state index in [0.717, 1.165) is 31.8 Å². The van der Waals surface area contributed by atoms with Gasteiger partial charge in [-0.15, -0.1) is 0 Å². The maximum atomic E-state index is 9.81. The molecule has 2 rings (SSSR count). The molecule has 4 heteroatoms. The molecule has 0 spiro atoms. The van der Waals surface area contributed by atoms with E-state index in [9.17, 15) is 5.11 Å². The average Bonchev–Trinajstić information content (AvgIpc) is 2.92. The van der Waals surface area contributed by atoms with Gasteiger partial charge in [-0.3, -0.25) is 5.41 Å². The third-order valence-electron chi connectivity index (χ3n) is 3.37. The Hall–Kier alpha value is -0.770. The van der Waals surface area contributed by atoms with Crippen LogP contribution in [0.5, 0.6) is 0 Å². The molecule has 1 heterocycles. The predicted molar refractivity (Wildman–Crippen MR) is 54.9 cm³/mol. The van der Waals surface area contributed by atoms with Crippen molar-refractivity contribution in [1.82, 2.24) is 4.90 Å². The molecule has 4 nitrogen and oxygen atoms in total. The molecule has 0 amide bonds. The first-order valence-electron chi connectivity index (χ1n) is 5.44. The van der Waals surface area contributed by atoms with E-state index in [0.29, 0.717) is 5.92 Å². The third kappa shape index (κ3) is 2.18. The lowest BCUT2D eigenvalue weighted by Crippen LogP contribution is -2.48. The second-order valence-electron chi connectivity index (χ2n) is 4.63. The Labute approximate surface area is 84.6 Å². The van der Waals surface area contributed by atoms with Crippen LogP contribution in [0.25, 0.3) is 0 Å². The maximum Gasteiger partial charge on any atom is 0.188 e. The van der Waals surface area contributed by atoms with Crippen LogP contribution in [0.3, 0.4) is 0 Å². The fraction of sp³-hybridized carbons (Fsp3) is 0.900. The number of aliphatic hydroxyl groups is 1. The number of hydrogen-bond acceptors (Lipinski definition) is 2. The standard InChI is InChI=1S/C10H19N3O/c11-10(12)13-4-3-9(14)8(6-13)5-7-1-2-7/h7-9,14H,1-6H2,(H3,11,12). The monoisotopic (exact) mass is 197 g/mol. The second-order valence-corrected chi connectivity index (χ2v) is 4.63. The molecule has 2 unspecified atom stereocenters. The molecule has 14 heavy (non-hydrogen) atoms. The van der Waals surface area contributed by atoms with Crippen molar-refractivity contribution in [1.29, 1.82) is 5.41 Å². The van der Waals surface area contributed by atoms with E-state index >= 15 is 0 Å². The van der Waals surface area contributed by atoms with Crippen LogP contribution in [0.1, 0.15) is 25.7 Å². The van der Waals surface area contributed by atoms with Crippen LogP contribution in [0.15, 0.2) is 0 Å². The van der Waals surface area contributed by atoms with E-state index in [2.05, 4.69) is 0 Å². The van der Waals surface area contributed by atoms with Crippen LogP contribution in [-0.2, 0) is 0 Å². The normalized spacial score (nSPS) is 33.1. The molecular weight excluding hydrogens is 178 g/mol. The van der Waals surface area contributed by atoms with Gasteiger partial charge in [0.25, 0.3) is 0 Å². The molecule has 0 bridgehead atoms. The molecule has 0 aromatic rings. The van der Waals surface area contributed by atoms with Crippen molar-refractivity contribution in [3.8, 4) is 0 Å². The minimum atomic E-state index is -0.175. The Morgan fingerprint density at radius 2 is 2.14 bits per heavy atom. The highest BCUT2D eigenvalue weighted by molar-refractivity contribution is 5.74. The molecule has 2 atom stereocenters. The molecule has 80 valence electrons. The maximum absolute atomic E-state index is 9.81. The van der Waals surface area contributed by atoms with Crippen molar-refractivity contribution >= 4 is 5.96 Å². The molecule has 1 aliphatic heterocycles. The number of nitrogens with two attached hydrogens (primary N) is 1. The summed E-state index contributed by atoms with van der Waals surface area (Å²) < 4.78 is 0. The SMILES string of the molecule is N=C(N)N1CCC(O)C(CC2CC2)C1. The minimum absolute atomic E-state index is 0.151. The molecule has 2 aliphatic rings. The first-order chi connectivity index (χ1) is 6.66. The highest BCUT2D eigenvalue weighted by Gasteiger charge is 2.33. The van der Waals surface area contributed by atoms with E-state index in [1.807, 2.05) is 4.90 Å². The van der Waals surface area contributed by atoms with Gasteiger partial charge in [-0.25, -0.2) is 0 Å². The Kier molecular flexibility index (Phi) is 2.63. The van der Waals surface area contributed by atoms with Crippen molar-refractivity contribution in [3.05, 3.63) is 0 Å². The lowest BCUT2D eigenvalue weighted by atomic mass is 9.90. The fourth-order valence-corrected chi connectivity index (χ4v) is 2.25. The van der Waals surface area contributed by atoms with E-state index < -0.39 is 0 Å². The van der Waals surface area contributed by atoms with Crippen molar-refractivity contribution in [2.24, 2.45) is 17.6 Å². The van der Waals surface area contributed by atoms with Crippen LogP contribution in [0.2, 0.25) is 0 Å². The zero-order valence-electron chi connectivity index (χ0n) is 8.45. The topological polar surface area (TPSA) is 73.3 Å². The Balaban J connectivity index is 1.88. The number of rotatable bonds is 2. The van der Waals surface area contributed by atoms with Crippen molar-refractivity contribution in [2.75, 3.05) is 13.1 Å². The third-order valence-corrected chi connectivity index (χ3v) is 3.37. The van der Waals surface area contributed by atoms with Gasteiger partial charge in [-0.2, -0.15) is 0 Å². The summed E-state index contributed by atoms with van der Waals surface area (Å²) in [6, 6.07) is 0. The highest BCUT2D eigenvalue weighted by atomic mass is 16.3. The molecule has 4 N–H and O–H groups in total. The number of piperidine rings is 1. The number of hydrogen-bond donors (Lipinski definition) is 3. The molecular formula is C10H19N3O. The lowest BCUT2D eigenvalue weighted by molar-refractivity contribution is 0.0425. The summed E-state index contributed by atoms with van der Waals surface area (Å²) in [5.41, 5.74) is 5.45. The molecule has 1 aliphatic carbocycles. The lowest BCUT2D eigenvalue weighted by Gasteiger charge is -2.36. The molecule has 2 fully saturated rings. The van der Waals surface area contributed by atoms with Crippen LogP contribution >= 0.6 is 0 Å². The minimum Gasteiger partial charge on any atom is -0.393 e. The zero-order chi connectivity index (χ0) is 10.1. The van der Waals surface area contributed by atoms with E-state index in [4.69, 9.17) is 11.1 Å². The van der Waals surface area contributed by atoms with Gasteiger partial charge in [0.1, 0.15) is 0 Å². The second kappa shape index (κ2) is 3.77. The summed E-state index contributed by atoms with van der Waals surface area (Å²) in [5.74, 6) is 1.32. The average molecular weight is 197 g/mol. The van der Waals surface area contributed by atoms with Gasteiger partial charge in [0.2, 0.25) is 0 Å². The quantitative estimate of drug-likeness (QED) is 0.442. The van der Waals surface area contributed by atoms with Crippen LogP contribution in [-0.4, -0.2) is 35.2 Å². The zero-order valence-corrected chi connectivity index (χ0v) is 8.45. The highest BCUT2D eigenvalue weighted by Crippen LogP contribution is 2.37. The van der Waals surface area contributed by atoms with E-state index in [-0.39, 0.29) is 12.1 Å². The fourth-order valence-electron chi connectivity index (χ4n) is 2.25. The number of aliphatic hydroxyl groups excluding tert-OH is 1. The molecule has 1 saturated heterocycles. The van der Waals surface area contributed by atoms with Gasteiger partial charge >= 0.3 is 0 Å². The van der Waals surface area contributed by atoms with Crippen molar-refractivity contribution < 1.29 is 5.11 Å². The summed E-state index contributed by atoms with van der Waals surface area (Å²) >= 11 is 0. The largest absolute Gasteiger partial charge is 0.393 e. The first-order valence-corrected chi connectivity index (χ1v) is 5.44. The Morgan fingerprint density at radius 3 is 2.71 bits per heavy atom. The first kappa shape index (κ1) is 9.77.